The summed E-state index contributed by atoms with van der Waals surface area (Å²) in [4.78, 5) is 30.9. The molecular formula is C31H32F4N8O3S. The minimum atomic E-state index is -4.87. The minimum absolute atomic E-state index is 0.0603. The lowest BCUT2D eigenvalue weighted by Gasteiger charge is -2.43. The molecule has 2 aromatic heterocycles. The molecule has 3 heterocycles. The number of anilines is 1. The summed E-state index contributed by atoms with van der Waals surface area (Å²) in [6.45, 7) is 0.559. The number of aromatic nitrogens is 4. The van der Waals surface area contributed by atoms with Crippen molar-refractivity contribution in [1.82, 2.24) is 30.4 Å². The van der Waals surface area contributed by atoms with Gasteiger partial charge in [0.25, 0.3) is 5.91 Å². The van der Waals surface area contributed by atoms with Crippen molar-refractivity contribution in [2.75, 3.05) is 4.90 Å². The van der Waals surface area contributed by atoms with Gasteiger partial charge in [0.15, 0.2) is 10.8 Å². The van der Waals surface area contributed by atoms with E-state index in [9.17, 15) is 22.8 Å². The zero-order valence-corrected chi connectivity index (χ0v) is 26.1. The summed E-state index contributed by atoms with van der Waals surface area (Å²) in [6.07, 6.45) is 5.14. The summed E-state index contributed by atoms with van der Waals surface area (Å²) < 4.78 is 58.1. The van der Waals surface area contributed by atoms with E-state index in [2.05, 4.69) is 15.3 Å². The first-order chi connectivity index (χ1) is 22.5. The number of carbonyl (C=O) groups excluding carboxylic acids is 2. The van der Waals surface area contributed by atoms with Crippen LogP contribution in [0.3, 0.4) is 0 Å². The highest BCUT2D eigenvalue weighted by molar-refractivity contribution is 7.80. The Bertz CT molecular complexity index is 1700. The van der Waals surface area contributed by atoms with E-state index in [1.54, 1.807) is 33.4 Å². The van der Waals surface area contributed by atoms with Gasteiger partial charge in [0.2, 0.25) is 5.91 Å². The quantitative estimate of drug-likeness (QED) is 0.0774. The van der Waals surface area contributed by atoms with Crippen molar-refractivity contribution in [3.8, 4) is 17.3 Å². The average Bonchev–Trinajstić information content (AvgIpc) is 3.58. The monoisotopic (exact) mass is 672 g/mol. The average molecular weight is 673 g/mol. The zero-order chi connectivity index (χ0) is 33.8. The molecule has 248 valence electrons. The first-order valence-electron chi connectivity index (χ1n) is 15.2. The van der Waals surface area contributed by atoms with Crippen molar-refractivity contribution in [1.29, 1.82) is 5.26 Å². The summed E-state index contributed by atoms with van der Waals surface area (Å²) in [5.41, 5.74) is -0.531. The highest BCUT2D eigenvalue weighted by Crippen LogP contribution is 2.47. The van der Waals surface area contributed by atoms with Crippen molar-refractivity contribution < 1.29 is 32.4 Å². The summed E-state index contributed by atoms with van der Waals surface area (Å²) in [5, 5.41) is 25.9. The van der Waals surface area contributed by atoms with Crippen LogP contribution < -0.4 is 10.4 Å². The smallest absolute Gasteiger partial charge is 0.329 e. The Labute approximate surface area is 273 Å². The molecule has 5 rings (SSSR count). The van der Waals surface area contributed by atoms with Gasteiger partial charge in [0.05, 0.1) is 23.6 Å². The summed E-state index contributed by atoms with van der Waals surface area (Å²) in [5.74, 6) is -1.44. The number of nitrogens with one attached hydrogen (secondary N) is 1. The van der Waals surface area contributed by atoms with E-state index in [0.29, 0.717) is 49.6 Å². The molecule has 1 saturated carbocycles. The van der Waals surface area contributed by atoms with Crippen molar-refractivity contribution >= 4 is 34.8 Å². The number of rotatable bonds is 13. The largest absolute Gasteiger partial charge is 0.419 e. The van der Waals surface area contributed by atoms with Crippen LogP contribution >= 0.6 is 12.2 Å². The second-order valence-corrected chi connectivity index (χ2v) is 12.0. The maximum atomic E-state index is 15.5. The summed E-state index contributed by atoms with van der Waals surface area (Å²) in [7, 11) is 0. The fourth-order valence-electron chi connectivity index (χ4n) is 5.91. The lowest BCUT2D eigenvalue weighted by molar-refractivity contribution is -0.138. The molecule has 47 heavy (non-hydrogen) atoms. The zero-order valence-electron chi connectivity index (χ0n) is 25.3. The number of thiocarbonyl (C=S) groups is 1. The number of halogens is 4. The third-order valence-electron chi connectivity index (χ3n) is 8.65. The number of aryl methyl sites for hydroxylation is 1. The maximum absolute atomic E-state index is 15.5. The molecule has 2 amide bonds. The number of nitrogens with zero attached hydrogens (tertiary/aromatic N) is 7. The van der Waals surface area contributed by atoms with Crippen molar-refractivity contribution in [2.24, 2.45) is 0 Å². The van der Waals surface area contributed by atoms with E-state index in [1.165, 1.54) is 12.1 Å². The van der Waals surface area contributed by atoms with Crippen LogP contribution in [0.1, 0.15) is 81.0 Å². The van der Waals surface area contributed by atoms with Gasteiger partial charge in [-0.2, -0.15) is 18.4 Å². The Morgan fingerprint density at radius 1 is 1.13 bits per heavy atom. The number of carbonyl (C=O) groups is 2. The van der Waals surface area contributed by atoms with Crippen molar-refractivity contribution in [3.05, 3.63) is 59.3 Å². The number of amides is 2. The highest BCUT2D eigenvalue weighted by Gasteiger charge is 2.59. The number of hydroxylamine groups is 1. The molecule has 1 aliphatic carbocycles. The standard InChI is InChI=1S/C31H32F4N8O3S/c32-24-14-20(26-19-41(40-38-26)13-6-4-2-1-3-5-8-27(44)39-46)9-10-21(24)18-42-29(47)43(28(45)30(42)11-7-12-30)22-15-23(31(33,34)35)25(16-36)37-17-22/h9-10,14-15,17,19,46H,1-8,11-13,18H2,(H,39,44). The van der Waals surface area contributed by atoms with E-state index < -0.39 is 34.7 Å². The predicted molar refractivity (Wildman–Crippen MR) is 164 cm³/mol. The molecule has 2 fully saturated rings. The summed E-state index contributed by atoms with van der Waals surface area (Å²) >= 11 is 5.59. The third-order valence-corrected chi connectivity index (χ3v) is 9.05. The molecule has 3 aromatic rings. The lowest BCUT2D eigenvalue weighted by atomic mass is 9.75. The molecule has 0 radical (unpaired) electrons. The molecule has 1 aliphatic heterocycles. The second kappa shape index (κ2) is 14.1. The van der Waals surface area contributed by atoms with Gasteiger partial charge in [-0.3, -0.25) is 24.4 Å². The molecule has 2 aliphatic rings. The van der Waals surface area contributed by atoms with E-state index >= 15 is 4.39 Å². The van der Waals surface area contributed by atoms with E-state index in [1.807, 2.05) is 0 Å². The fourth-order valence-corrected chi connectivity index (χ4v) is 6.33. The van der Waals surface area contributed by atoms with Crippen molar-refractivity contribution in [2.45, 2.75) is 89.0 Å². The first-order valence-corrected chi connectivity index (χ1v) is 15.6. The topological polar surface area (TPSA) is 140 Å². The Balaban J connectivity index is 1.23. The lowest BCUT2D eigenvalue weighted by Crippen LogP contribution is -2.54. The van der Waals surface area contributed by atoms with Gasteiger partial charge < -0.3 is 4.90 Å². The molecule has 0 bridgehead atoms. The number of nitriles is 1. The molecule has 1 aromatic carbocycles. The maximum Gasteiger partial charge on any atom is 0.419 e. The molecule has 16 heteroatoms. The SMILES string of the molecule is N#Cc1ncc(N2C(=O)C3(CCC3)N(Cc3ccc(-c4cn(CCCCCCCCC(=O)NO)nn4)cc3F)C2=S)cc1C(F)(F)F. The van der Waals surface area contributed by atoms with Gasteiger partial charge in [-0.05, 0) is 56.5 Å². The fraction of sp³-hybridized carbons (Fsp3) is 0.452. The van der Waals surface area contributed by atoms with Crippen LogP contribution in [-0.4, -0.2) is 52.6 Å². The summed E-state index contributed by atoms with van der Waals surface area (Å²) in [6, 6.07) is 6.71. The van der Waals surface area contributed by atoms with Crippen molar-refractivity contribution in [3.63, 3.8) is 0 Å². The van der Waals surface area contributed by atoms with Gasteiger partial charge in [-0.15, -0.1) is 5.10 Å². The number of benzene rings is 1. The number of pyridine rings is 1. The van der Waals surface area contributed by atoms with E-state index in [4.69, 9.17) is 22.7 Å². The molecule has 1 spiro atoms. The van der Waals surface area contributed by atoms with Gasteiger partial charge in [0, 0.05) is 30.6 Å². The second-order valence-electron chi connectivity index (χ2n) is 11.7. The van der Waals surface area contributed by atoms with Gasteiger partial charge in [-0.25, -0.2) is 14.9 Å². The van der Waals surface area contributed by atoms with Gasteiger partial charge in [-0.1, -0.05) is 43.0 Å². The Morgan fingerprint density at radius 3 is 2.49 bits per heavy atom. The minimum Gasteiger partial charge on any atom is -0.329 e. The Kier molecular flexibility index (Phi) is 10.2. The number of hydrogen-bond acceptors (Lipinski definition) is 8. The molecule has 2 N–H and O–H groups in total. The highest BCUT2D eigenvalue weighted by atomic mass is 32.1. The van der Waals surface area contributed by atoms with Crippen LogP contribution in [0.2, 0.25) is 0 Å². The van der Waals surface area contributed by atoms with Crippen LogP contribution in [0.4, 0.5) is 23.2 Å². The normalized spacial score (nSPS) is 15.7. The Hall–Kier alpha value is -4.49. The predicted octanol–water partition coefficient (Wildman–Crippen LogP) is 5.66. The number of alkyl halides is 3. The van der Waals surface area contributed by atoms with E-state index in [0.717, 1.165) is 49.6 Å². The third kappa shape index (κ3) is 7.10. The van der Waals surface area contributed by atoms with Gasteiger partial charge >= 0.3 is 6.18 Å². The van der Waals surface area contributed by atoms with Gasteiger partial charge in [0.1, 0.15) is 23.1 Å². The van der Waals surface area contributed by atoms with Crippen LogP contribution in [0.25, 0.3) is 11.3 Å². The molecule has 0 unspecified atom stereocenters. The number of unbranched alkanes of at least 4 members (excludes halogenated alkanes) is 5. The first kappa shape index (κ1) is 33.9. The Morgan fingerprint density at radius 2 is 1.85 bits per heavy atom. The van der Waals surface area contributed by atoms with Crippen LogP contribution in [0, 0.1) is 17.1 Å². The van der Waals surface area contributed by atoms with E-state index in [-0.39, 0.29) is 28.8 Å². The van der Waals surface area contributed by atoms with Crippen LogP contribution in [0.5, 0.6) is 0 Å². The van der Waals surface area contributed by atoms with Crippen LogP contribution in [0.15, 0.2) is 36.7 Å². The van der Waals surface area contributed by atoms with Crippen LogP contribution in [-0.2, 0) is 28.9 Å². The molecule has 0 atom stereocenters. The molecule has 1 saturated heterocycles. The molecular weight excluding hydrogens is 640 g/mol. The number of hydrogen-bond donors (Lipinski definition) is 2. The molecule has 11 nitrogen and oxygen atoms in total.